The molecular weight excluding hydrogens is 474 g/mol. The molecule has 0 aliphatic rings. The Labute approximate surface area is 192 Å². The second kappa shape index (κ2) is 9.33. The summed E-state index contributed by atoms with van der Waals surface area (Å²) in [5, 5.41) is 27.0. The molecule has 162 valence electrons. The summed E-state index contributed by atoms with van der Waals surface area (Å²) in [6, 6.07) is 20.0. The highest BCUT2D eigenvalue weighted by Crippen LogP contribution is 2.36. The molecule has 0 bridgehead atoms. The largest absolute Gasteiger partial charge is 0.480 e. The number of nitrogens with zero attached hydrogens (tertiary/aromatic N) is 2. The monoisotopic (exact) mass is 493 g/mol. The third kappa shape index (κ3) is 4.56. The van der Waals surface area contributed by atoms with Crippen molar-refractivity contribution in [2.45, 2.75) is 19.1 Å². The zero-order chi connectivity index (χ0) is 22.7. The van der Waals surface area contributed by atoms with Crippen molar-refractivity contribution in [3.05, 3.63) is 76.8 Å². The number of hydrogen-bond acceptors (Lipinski definition) is 6. The molecule has 0 saturated carbocycles. The molecule has 3 aromatic carbocycles. The minimum Gasteiger partial charge on any atom is -0.480 e. The Bertz CT molecular complexity index is 1290. The maximum absolute atomic E-state index is 11.2. The average molecular weight is 494 g/mol. The quantitative estimate of drug-likeness (QED) is 0.303. The summed E-state index contributed by atoms with van der Waals surface area (Å²) in [5.74, 6) is -0.667. The van der Waals surface area contributed by atoms with Crippen LogP contribution in [0.5, 0.6) is 0 Å². The first-order valence-electron chi connectivity index (χ1n) is 9.88. The number of hydrogen-bond donors (Lipinski definition) is 3. The van der Waals surface area contributed by atoms with Gasteiger partial charge in [-0.15, -0.1) is 0 Å². The van der Waals surface area contributed by atoms with Crippen LogP contribution in [0.4, 0.5) is 11.5 Å². The molecule has 3 N–H and O–H groups in total. The molecule has 1 aromatic heterocycles. The number of fused-ring (bicyclic) bond motifs is 1. The lowest BCUT2D eigenvalue weighted by molar-refractivity contribution is -0.140. The van der Waals surface area contributed by atoms with Crippen LogP contribution < -0.4 is 5.32 Å². The summed E-state index contributed by atoms with van der Waals surface area (Å²) in [4.78, 5) is 15.2. The van der Waals surface area contributed by atoms with Gasteiger partial charge in [-0.1, -0.05) is 47.6 Å². The normalized spacial score (nSPS) is 13.3. The van der Waals surface area contributed by atoms with Gasteiger partial charge in [0.25, 0.3) is 0 Å². The molecule has 0 saturated heterocycles. The molecule has 32 heavy (non-hydrogen) atoms. The van der Waals surface area contributed by atoms with Crippen molar-refractivity contribution < 1.29 is 19.5 Å². The number of benzene rings is 3. The predicted molar refractivity (Wildman–Crippen MR) is 128 cm³/mol. The number of anilines is 2. The lowest BCUT2D eigenvalue weighted by atomic mass is 10.1. The van der Waals surface area contributed by atoms with Gasteiger partial charge in [-0.25, -0.2) is 4.79 Å². The summed E-state index contributed by atoms with van der Waals surface area (Å²) in [6.45, 7) is 1.39. The first-order chi connectivity index (χ1) is 15.4. The minimum absolute atomic E-state index is 0.520. The first kappa shape index (κ1) is 21.7. The Balaban J connectivity index is 1.65. The van der Waals surface area contributed by atoms with Gasteiger partial charge in [0.15, 0.2) is 17.4 Å². The van der Waals surface area contributed by atoms with E-state index in [1.54, 1.807) is 18.2 Å². The predicted octanol–water partition coefficient (Wildman–Crippen LogP) is 5.25. The van der Waals surface area contributed by atoms with E-state index >= 15 is 0 Å². The molecule has 4 aromatic rings. The summed E-state index contributed by atoms with van der Waals surface area (Å²) in [6.07, 6.45) is 0.322. The van der Waals surface area contributed by atoms with Gasteiger partial charge >= 0.3 is 5.97 Å². The van der Waals surface area contributed by atoms with Gasteiger partial charge in [-0.05, 0) is 63.8 Å². The lowest BCUT2D eigenvalue weighted by Crippen LogP contribution is -2.29. The Kier molecular flexibility index (Phi) is 6.34. The SMILES string of the molecule is CC(O)C(N=Cc1ccc2onc(Nc3cccc(-c4ccccc4)c3Br)c2c1)C(=O)O. The molecule has 8 heteroatoms. The van der Waals surface area contributed by atoms with Crippen LogP contribution in [0.1, 0.15) is 12.5 Å². The fraction of sp³-hybridized carbons (Fsp3) is 0.125. The smallest absolute Gasteiger partial charge is 0.331 e. The van der Waals surface area contributed by atoms with Crippen molar-refractivity contribution >= 4 is 50.6 Å². The van der Waals surface area contributed by atoms with E-state index in [4.69, 9.17) is 4.52 Å². The number of carboxylic acids is 1. The van der Waals surface area contributed by atoms with Gasteiger partial charge in [0.05, 0.1) is 17.2 Å². The third-order valence-electron chi connectivity index (χ3n) is 4.92. The van der Waals surface area contributed by atoms with E-state index in [1.807, 2.05) is 48.5 Å². The molecule has 2 atom stereocenters. The molecule has 0 fully saturated rings. The molecule has 0 aliphatic carbocycles. The van der Waals surface area contributed by atoms with Gasteiger partial charge in [0, 0.05) is 10.7 Å². The number of rotatable bonds is 7. The highest BCUT2D eigenvalue weighted by atomic mass is 79.9. The zero-order valence-electron chi connectivity index (χ0n) is 17.1. The van der Waals surface area contributed by atoms with E-state index in [1.165, 1.54) is 13.1 Å². The number of aromatic nitrogens is 1. The van der Waals surface area contributed by atoms with Crippen molar-refractivity contribution in [2.75, 3.05) is 5.32 Å². The molecule has 4 rings (SSSR count). The van der Waals surface area contributed by atoms with Crippen molar-refractivity contribution in [3.63, 3.8) is 0 Å². The van der Waals surface area contributed by atoms with Crippen LogP contribution in [-0.2, 0) is 4.79 Å². The second-order valence-electron chi connectivity index (χ2n) is 7.25. The molecule has 2 unspecified atom stereocenters. The number of aliphatic carboxylic acids is 1. The summed E-state index contributed by atoms with van der Waals surface area (Å²) in [7, 11) is 0. The van der Waals surface area contributed by atoms with Gasteiger partial charge in [-0.2, -0.15) is 0 Å². The van der Waals surface area contributed by atoms with Crippen molar-refractivity contribution in [1.82, 2.24) is 5.16 Å². The van der Waals surface area contributed by atoms with Crippen molar-refractivity contribution in [1.29, 1.82) is 0 Å². The van der Waals surface area contributed by atoms with E-state index in [0.29, 0.717) is 17.0 Å². The van der Waals surface area contributed by atoms with Crippen LogP contribution in [0.15, 0.2) is 80.7 Å². The second-order valence-corrected chi connectivity index (χ2v) is 8.04. The number of nitrogens with one attached hydrogen (secondary N) is 1. The van der Waals surface area contributed by atoms with E-state index in [2.05, 4.69) is 31.4 Å². The summed E-state index contributed by atoms with van der Waals surface area (Å²) in [5.41, 5.74) is 4.17. The van der Waals surface area contributed by atoms with Crippen LogP contribution in [0, 0.1) is 0 Å². The standard InChI is InChI=1S/C24H20BrN3O4/c1-14(29)22(24(30)31)26-13-15-10-11-20-18(12-15)23(28-32-20)27-19-9-5-8-17(21(19)25)16-6-3-2-4-7-16/h2-14,22,29H,1H3,(H,27,28)(H,30,31). The van der Waals surface area contributed by atoms with E-state index in [0.717, 1.165) is 26.7 Å². The van der Waals surface area contributed by atoms with Crippen LogP contribution in [0.2, 0.25) is 0 Å². The number of aliphatic hydroxyl groups excluding tert-OH is 1. The molecule has 7 nitrogen and oxygen atoms in total. The van der Waals surface area contributed by atoms with Crippen LogP contribution in [0.25, 0.3) is 22.1 Å². The fourth-order valence-electron chi connectivity index (χ4n) is 3.28. The molecule has 0 amide bonds. The highest BCUT2D eigenvalue weighted by Gasteiger charge is 2.21. The van der Waals surface area contributed by atoms with Crippen molar-refractivity contribution in [2.24, 2.45) is 4.99 Å². The van der Waals surface area contributed by atoms with Gasteiger partial charge < -0.3 is 20.1 Å². The Morgan fingerprint density at radius 3 is 2.66 bits per heavy atom. The fourth-order valence-corrected chi connectivity index (χ4v) is 3.88. The van der Waals surface area contributed by atoms with Crippen molar-refractivity contribution in [3.8, 4) is 11.1 Å². The van der Waals surface area contributed by atoms with E-state index in [9.17, 15) is 15.0 Å². The number of halogens is 1. The first-order valence-corrected chi connectivity index (χ1v) is 10.7. The number of carboxylic acid groups (broad SMARTS) is 1. The molecule has 0 spiro atoms. The van der Waals surface area contributed by atoms with Gasteiger partial charge in [-0.3, -0.25) is 4.99 Å². The molecule has 0 radical (unpaired) electrons. The van der Waals surface area contributed by atoms with Crippen LogP contribution >= 0.6 is 15.9 Å². The number of aliphatic hydroxyl groups is 1. The molecule has 0 aliphatic heterocycles. The lowest BCUT2D eigenvalue weighted by Gasteiger charge is -2.11. The van der Waals surface area contributed by atoms with E-state index < -0.39 is 18.1 Å². The Morgan fingerprint density at radius 2 is 1.94 bits per heavy atom. The Morgan fingerprint density at radius 1 is 1.16 bits per heavy atom. The zero-order valence-corrected chi connectivity index (χ0v) is 18.7. The third-order valence-corrected chi connectivity index (χ3v) is 5.78. The van der Waals surface area contributed by atoms with Crippen LogP contribution in [-0.4, -0.2) is 39.7 Å². The summed E-state index contributed by atoms with van der Waals surface area (Å²) < 4.78 is 6.32. The maximum atomic E-state index is 11.2. The van der Waals surface area contributed by atoms with Gasteiger partial charge in [0.2, 0.25) is 0 Å². The molecular formula is C24H20BrN3O4. The minimum atomic E-state index is -1.23. The molecule has 1 heterocycles. The topological polar surface area (TPSA) is 108 Å². The number of carbonyl (C=O) groups is 1. The highest BCUT2D eigenvalue weighted by molar-refractivity contribution is 9.10. The summed E-state index contributed by atoms with van der Waals surface area (Å²) >= 11 is 3.69. The van der Waals surface area contributed by atoms with E-state index in [-0.39, 0.29) is 0 Å². The maximum Gasteiger partial charge on any atom is 0.331 e. The Hall–Kier alpha value is -3.49. The van der Waals surface area contributed by atoms with Crippen LogP contribution in [0.3, 0.4) is 0 Å². The van der Waals surface area contributed by atoms with Gasteiger partial charge in [0.1, 0.15) is 0 Å². The number of aliphatic imine (C=N–C) groups is 1. The average Bonchev–Trinajstić information content (AvgIpc) is 3.17.